The first kappa shape index (κ1) is 55.8. The summed E-state index contributed by atoms with van der Waals surface area (Å²) in [5.74, 6) is -2.58. The molecule has 1 heterocycles. The smallest absolute Gasteiger partial charge is 0.261 e. The number of ether oxygens (including phenoxy) is 1. The van der Waals surface area contributed by atoms with E-state index in [-0.39, 0.29) is 42.7 Å². The summed E-state index contributed by atoms with van der Waals surface area (Å²) in [6.07, 6.45) is 7.45. The number of carbonyl (C=O) groups is 7. The molecule has 10 N–H and O–H groups in total. The molecule has 0 aliphatic carbocycles. The molecule has 4 atom stereocenters. The molecule has 0 saturated heterocycles. The first-order valence-electron chi connectivity index (χ1n) is 25.2. The number of aliphatic hydroxyl groups is 1. The molecule has 0 spiro atoms. The van der Waals surface area contributed by atoms with Crippen LogP contribution in [0.5, 0.6) is 5.75 Å². The Hall–Kier alpha value is -7.11. The Balaban J connectivity index is 1.13. The molecule has 0 fully saturated rings. The second-order valence-electron chi connectivity index (χ2n) is 18.2. The lowest BCUT2D eigenvalue weighted by atomic mass is 9.88. The van der Waals surface area contributed by atoms with Crippen molar-refractivity contribution < 1.29 is 43.4 Å². The maximum absolute atomic E-state index is 14.0. The number of unbranched alkanes of at least 4 members (excludes halogenated alkanes) is 6. The fourth-order valence-electron chi connectivity index (χ4n) is 8.18. The van der Waals surface area contributed by atoms with E-state index in [0.717, 1.165) is 49.7 Å². The van der Waals surface area contributed by atoms with Gasteiger partial charge in [-0.1, -0.05) is 110 Å². The summed E-state index contributed by atoms with van der Waals surface area (Å²) < 4.78 is 5.94. The monoisotopic (exact) mass is 989 g/mol. The molecule has 5 rings (SSSR count). The molecule has 1 aliphatic rings. The van der Waals surface area contributed by atoms with Gasteiger partial charge in [0.25, 0.3) is 5.91 Å². The largest absolute Gasteiger partial charge is 0.489 e. The Morgan fingerprint density at radius 3 is 1.78 bits per heavy atom. The highest BCUT2D eigenvalue weighted by Gasteiger charge is 2.48. The van der Waals surface area contributed by atoms with E-state index in [0.29, 0.717) is 75.3 Å². The number of nitrogens with two attached hydrogens (primary N) is 1. The molecule has 0 aromatic heterocycles. The van der Waals surface area contributed by atoms with Crippen LogP contribution in [0.1, 0.15) is 113 Å². The molecule has 17 nitrogen and oxygen atoms in total. The zero-order valence-electron chi connectivity index (χ0n) is 41.3. The molecule has 0 bridgehead atoms. The Kier molecular flexibility index (Phi) is 23.2. The van der Waals surface area contributed by atoms with Gasteiger partial charge in [0, 0.05) is 63.0 Å². The standard InChI is InChI=1S/C55H72N8O9/c1-39(51(67)62-47(52(68)59-37-41-19-7-2-8-20-41)36-55(71)44-23-14-15-24-45(44)63-54(55)70)60-53(69)46(35-40-28-30-43(31-29-40)72-38-42-21-9-3-10-22-42)61-50(66)27-13-6-18-34-58-49(65)26-12-5-17-33-57-48(64)25-11-4-16-32-56/h2-3,7-10,14-15,19-24,28-31,39,46-47,71H,4-6,11-13,16-18,25-27,32-38,56H2,1H3,(H,57,64)(H,58,65)(H,59,68)(H,60,69)(H,61,66)(H,62,67)(H,63,70)/t39-,46-,47-,55+/m0/s1. The van der Waals surface area contributed by atoms with E-state index >= 15 is 0 Å². The summed E-state index contributed by atoms with van der Waals surface area (Å²) in [6, 6.07) is 28.8. The van der Waals surface area contributed by atoms with Gasteiger partial charge in [-0.15, -0.1) is 0 Å². The normalized spacial score (nSPS) is 14.9. The number of hydrogen-bond donors (Lipinski definition) is 9. The maximum atomic E-state index is 14.0. The SMILES string of the molecule is C[C@H](NC(=O)[C@H](Cc1ccc(OCc2ccccc2)cc1)NC(=O)CCCCCNC(=O)CCCCCNC(=O)CCCCCN)C(=O)N[C@@H](C[C@]1(O)C(=O)Nc2ccccc21)C(=O)NCc1ccccc1. The Morgan fingerprint density at radius 2 is 1.15 bits per heavy atom. The summed E-state index contributed by atoms with van der Waals surface area (Å²) in [4.78, 5) is 92.5. The molecule has 4 aromatic rings. The number of para-hydroxylation sites is 1. The molecule has 386 valence electrons. The number of anilines is 1. The number of rotatable bonds is 32. The van der Waals surface area contributed by atoms with Crippen molar-refractivity contribution in [2.24, 2.45) is 5.73 Å². The van der Waals surface area contributed by atoms with Gasteiger partial charge in [0.15, 0.2) is 5.60 Å². The molecular weight excluding hydrogens is 917 g/mol. The number of fused-ring (bicyclic) bond motifs is 1. The highest BCUT2D eigenvalue weighted by Crippen LogP contribution is 2.39. The van der Waals surface area contributed by atoms with Crippen LogP contribution in [0.2, 0.25) is 0 Å². The summed E-state index contributed by atoms with van der Waals surface area (Å²) in [6.45, 7) is 3.60. The fraction of sp³-hybridized carbons (Fsp3) is 0.436. The highest BCUT2D eigenvalue weighted by atomic mass is 16.5. The van der Waals surface area contributed by atoms with E-state index in [4.69, 9.17) is 10.5 Å². The number of hydrogen-bond acceptors (Lipinski definition) is 10. The van der Waals surface area contributed by atoms with Crippen molar-refractivity contribution in [2.75, 3.05) is 25.0 Å². The average Bonchev–Trinajstić information content (AvgIpc) is 3.64. The number of amides is 7. The van der Waals surface area contributed by atoms with Crippen LogP contribution >= 0.6 is 0 Å². The lowest BCUT2D eigenvalue weighted by Gasteiger charge is -2.28. The fourth-order valence-corrected chi connectivity index (χ4v) is 8.18. The quantitative estimate of drug-likeness (QED) is 0.0305. The van der Waals surface area contributed by atoms with Gasteiger partial charge < -0.3 is 52.8 Å². The highest BCUT2D eigenvalue weighted by molar-refractivity contribution is 6.05. The van der Waals surface area contributed by atoms with Crippen LogP contribution in [0, 0.1) is 0 Å². The Morgan fingerprint density at radius 1 is 0.583 bits per heavy atom. The number of nitrogens with one attached hydrogen (secondary N) is 7. The predicted octanol–water partition coefficient (Wildman–Crippen LogP) is 4.70. The number of benzene rings is 4. The zero-order valence-corrected chi connectivity index (χ0v) is 41.3. The summed E-state index contributed by atoms with van der Waals surface area (Å²) in [5.41, 5.74) is 6.49. The minimum Gasteiger partial charge on any atom is -0.489 e. The van der Waals surface area contributed by atoms with Crippen molar-refractivity contribution in [1.82, 2.24) is 31.9 Å². The van der Waals surface area contributed by atoms with Gasteiger partial charge in [-0.25, -0.2) is 0 Å². The number of carbonyl (C=O) groups excluding carboxylic acids is 7. The zero-order chi connectivity index (χ0) is 51.6. The van der Waals surface area contributed by atoms with E-state index in [1.165, 1.54) is 6.92 Å². The minimum absolute atomic E-state index is 0.0454. The van der Waals surface area contributed by atoms with Crippen molar-refractivity contribution in [1.29, 1.82) is 0 Å². The van der Waals surface area contributed by atoms with E-state index in [1.807, 2.05) is 60.7 Å². The molecule has 17 heteroatoms. The van der Waals surface area contributed by atoms with E-state index in [1.54, 1.807) is 48.5 Å². The lowest BCUT2D eigenvalue weighted by Crippen LogP contribution is -2.57. The van der Waals surface area contributed by atoms with Crippen LogP contribution < -0.4 is 47.7 Å². The first-order chi connectivity index (χ1) is 34.8. The summed E-state index contributed by atoms with van der Waals surface area (Å²) in [7, 11) is 0. The van der Waals surface area contributed by atoms with Crippen LogP contribution in [0.25, 0.3) is 0 Å². The van der Waals surface area contributed by atoms with Crippen molar-refractivity contribution in [2.45, 2.75) is 134 Å². The third-order valence-electron chi connectivity index (χ3n) is 12.4. The first-order valence-corrected chi connectivity index (χ1v) is 25.2. The molecule has 0 radical (unpaired) electrons. The van der Waals surface area contributed by atoms with Crippen molar-refractivity contribution >= 4 is 47.0 Å². The van der Waals surface area contributed by atoms with Crippen LogP contribution in [-0.2, 0) is 58.7 Å². The Labute approximate surface area is 422 Å². The van der Waals surface area contributed by atoms with Gasteiger partial charge in [-0.3, -0.25) is 33.6 Å². The van der Waals surface area contributed by atoms with E-state index in [9.17, 15) is 38.7 Å². The minimum atomic E-state index is -2.15. The lowest BCUT2D eigenvalue weighted by molar-refractivity contribution is -0.139. The molecular formula is C55H72N8O9. The third-order valence-corrected chi connectivity index (χ3v) is 12.4. The van der Waals surface area contributed by atoms with Crippen LogP contribution in [0.15, 0.2) is 109 Å². The van der Waals surface area contributed by atoms with Crippen LogP contribution in [0.4, 0.5) is 5.69 Å². The molecule has 0 saturated carbocycles. The van der Waals surface area contributed by atoms with Crippen molar-refractivity contribution in [3.05, 3.63) is 131 Å². The van der Waals surface area contributed by atoms with Gasteiger partial charge in [0.05, 0.1) is 0 Å². The second-order valence-corrected chi connectivity index (χ2v) is 18.2. The van der Waals surface area contributed by atoms with Crippen molar-refractivity contribution in [3.8, 4) is 5.75 Å². The Bertz CT molecular complexity index is 2370. The maximum Gasteiger partial charge on any atom is 0.261 e. The van der Waals surface area contributed by atoms with Gasteiger partial charge in [-0.05, 0) is 86.9 Å². The van der Waals surface area contributed by atoms with Crippen LogP contribution in [0.3, 0.4) is 0 Å². The van der Waals surface area contributed by atoms with Gasteiger partial charge in [0.2, 0.25) is 35.4 Å². The predicted molar refractivity (Wildman–Crippen MR) is 275 cm³/mol. The van der Waals surface area contributed by atoms with E-state index in [2.05, 4.69) is 37.2 Å². The van der Waals surface area contributed by atoms with E-state index < -0.39 is 53.8 Å². The average molecular weight is 989 g/mol. The molecule has 4 aromatic carbocycles. The third kappa shape index (κ3) is 18.9. The second kappa shape index (κ2) is 29.9. The molecule has 0 unspecified atom stereocenters. The van der Waals surface area contributed by atoms with Gasteiger partial charge in [-0.2, -0.15) is 0 Å². The van der Waals surface area contributed by atoms with Crippen molar-refractivity contribution in [3.63, 3.8) is 0 Å². The van der Waals surface area contributed by atoms with Gasteiger partial charge in [0.1, 0.15) is 30.5 Å². The molecule has 72 heavy (non-hydrogen) atoms. The topological polar surface area (TPSA) is 259 Å². The summed E-state index contributed by atoms with van der Waals surface area (Å²) in [5, 5.41) is 31.2. The molecule has 1 aliphatic heterocycles. The van der Waals surface area contributed by atoms with Gasteiger partial charge >= 0.3 is 0 Å². The molecule has 7 amide bonds. The van der Waals surface area contributed by atoms with Crippen LogP contribution in [-0.4, -0.2) is 84.2 Å². The summed E-state index contributed by atoms with van der Waals surface area (Å²) >= 11 is 0.